The number of carboxylic acids is 1. The first-order chi connectivity index (χ1) is 11.6. The van der Waals surface area contributed by atoms with E-state index in [4.69, 9.17) is 16.7 Å². The van der Waals surface area contributed by atoms with Gasteiger partial charge in [-0.3, -0.25) is 19.2 Å². The summed E-state index contributed by atoms with van der Waals surface area (Å²) < 4.78 is 26.4. The molecular weight excluding hydrogens is 372 g/mol. The van der Waals surface area contributed by atoms with E-state index in [1.54, 1.807) is 13.0 Å². The van der Waals surface area contributed by atoms with Crippen LogP contribution in [0.4, 0.5) is 11.4 Å². The molecule has 0 saturated carbocycles. The Morgan fingerprint density at radius 3 is 2.36 bits per heavy atom. The lowest BCUT2D eigenvalue weighted by atomic mass is 10.2. The van der Waals surface area contributed by atoms with Gasteiger partial charge in [-0.1, -0.05) is 17.7 Å². The average molecular weight is 385 g/mol. The molecule has 0 spiro atoms. The Morgan fingerprint density at radius 1 is 1.24 bits per heavy atom. The van der Waals surface area contributed by atoms with Gasteiger partial charge in [0, 0.05) is 17.2 Å². The Kier molecular flexibility index (Phi) is 5.29. The summed E-state index contributed by atoms with van der Waals surface area (Å²) in [5, 5.41) is 20.1. The summed E-state index contributed by atoms with van der Waals surface area (Å²) in [5.74, 6) is -1.36. The van der Waals surface area contributed by atoms with Crippen LogP contribution in [0.25, 0.3) is 0 Å². The lowest BCUT2D eigenvalue weighted by Crippen LogP contribution is -2.36. The van der Waals surface area contributed by atoms with Crippen LogP contribution in [0.5, 0.6) is 0 Å². The molecule has 132 valence electrons. The molecule has 25 heavy (non-hydrogen) atoms. The standard InChI is InChI=1S/C15H13ClN2O6S/c1-10-13(16)3-2-4-14(10)17(9-15(19)20)25(23,24)12-7-5-11(6-8-12)18(21)22/h2-8H,9H2,1H3,(H,19,20). The molecule has 2 aromatic carbocycles. The first-order valence-electron chi connectivity index (χ1n) is 6.88. The predicted molar refractivity (Wildman–Crippen MR) is 91.5 cm³/mol. The maximum Gasteiger partial charge on any atom is 0.324 e. The van der Waals surface area contributed by atoms with Crippen LogP contribution in [-0.2, 0) is 14.8 Å². The number of nitrogens with zero attached hydrogens (tertiary/aromatic N) is 2. The highest BCUT2D eigenvalue weighted by Gasteiger charge is 2.29. The van der Waals surface area contributed by atoms with Crippen molar-refractivity contribution in [2.24, 2.45) is 0 Å². The lowest BCUT2D eigenvalue weighted by molar-refractivity contribution is -0.384. The van der Waals surface area contributed by atoms with Crippen molar-refractivity contribution in [1.29, 1.82) is 0 Å². The second-order valence-corrected chi connectivity index (χ2v) is 7.31. The van der Waals surface area contributed by atoms with Gasteiger partial charge in [0.15, 0.2) is 0 Å². The van der Waals surface area contributed by atoms with E-state index in [-0.39, 0.29) is 21.3 Å². The van der Waals surface area contributed by atoms with E-state index in [0.717, 1.165) is 24.3 Å². The van der Waals surface area contributed by atoms with Crippen LogP contribution < -0.4 is 4.31 Å². The third-order valence-electron chi connectivity index (χ3n) is 3.42. The van der Waals surface area contributed by atoms with Crippen LogP contribution in [0.2, 0.25) is 5.02 Å². The molecule has 0 radical (unpaired) electrons. The van der Waals surface area contributed by atoms with Crippen molar-refractivity contribution in [3.8, 4) is 0 Å². The monoisotopic (exact) mass is 384 g/mol. The van der Waals surface area contributed by atoms with Gasteiger partial charge in [-0.2, -0.15) is 0 Å². The maximum atomic E-state index is 12.9. The number of nitro benzene ring substituents is 1. The van der Waals surface area contributed by atoms with Gasteiger partial charge >= 0.3 is 5.97 Å². The van der Waals surface area contributed by atoms with E-state index < -0.39 is 27.5 Å². The largest absolute Gasteiger partial charge is 0.480 e. The number of carboxylic acid groups (broad SMARTS) is 1. The van der Waals surface area contributed by atoms with E-state index in [9.17, 15) is 23.3 Å². The molecule has 0 aromatic heterocycles. The van der Waals surface area contributed by atoms with E-state index in [2.05, 4.69) is 0 Å². The Bertz CT molecular complexity index is 928. The summed E-state index contributed by atoms with van der Waals surface area (Å²) in [5.41, 5.74) is 0.242. The molecule has 0 heterocycles. The Balaban J connectivity index is 2.58. The molecule has 0 aliphatic heterocycles. The van der Waals surface area contributed by atoms with Gasteiger partial charge in [-0.05, 0) is 36.8 Å². The summed E-state index contributed by atoms with van der Waals surface area (Å²) in [6.45, 7) is 0.748. The number of rotatable bonds is 6. The molecule has 0 aliphatic rings. The number of hydrogen-bond acceptors (Lipinski definition) is 5. The minimum atomic E-state index is -4.26. The second kappa shape index (κ2) is 7.08. The molecule has 2 rings (SSSR count). The summed E-state index contributed by atoms with van der Waals surface area (Å²) >= 11 is 6.00. The SMILES string of the molecule is Cc1c(Cl)cccc1N(CC(=O)O)S(=O)(=O)c1ccc([N+](=O)[O-])cc1. The van der Waals surface area contributed by atoms with Crippen LogP contribution in [0, 0.1) is 17.0 Å². The van der Waals surface area contributed by atoms with Crippen LogP contribution >= 0.6 is 11.6 Å². The highest BCUT2D eigenvalue weighted by atomic mass is 35.5. The summed E-state index contributed by atoms with van der Waals surface area (Å²) in [7, 11) is -4.26. The topological polar surface area (TPSA) is 118 Å². The van der Waals surface area contributed by atoms with E-state index in [1.165, 1.54) is 12.1 Å². The molecule has 0 amide bonds. The van der Waals surface area contributed by atoms with Crippen molar-refractivity contribution in [1.82, 2.24) is 0 Å². The van der Waals surface area contributed by atoms with Crippen LogP contribution in [0.3, 0.4) is 0 Å². The van der Waals surface area contributed by atoms with E-state index >= 15 is 0 Å². The van der Waals surface area contributed by atoms with Gasteiger partial charge in [0.05, 0.1) is 15.5 Å². The molecule has 0 fully saturated rings. The maximum absolute atomic E-state index is 12.9. The van der Waals surface area contributed by atoms with E-state index in [1.807, 2.05) is 0 Å². The van der Waals surface area contributed by atoms with Crippen molar-refractivity contribution < 1.29 is 23.2 Å². The normalized spacial score (nSPS) is 11.1. The summed E-state index contributed by atoms with van der Waals surface area (Å²) in [6.07, 6.45) is 0. The molecule has 0 atom stereocenters. The molecule has 0 unspecified atom stereocenters. The van der Waals surface area contributed by atoms with Crippen molar-refractivity contribution >= 4 is 39.0 Å². The van der Waals surface area contributed by atoms with Crippen LogP contribution in [0.15, 0.2) is 47.4 Å². The number of carbonyl (C=O) groups is 1. The smallest absolute Gasteiger partial charge is 0.324 e. The van der Waals surface area contributed by atoms with Gasteiger partial charge in [0.1, 0.15) is 6.54 Å². The van der Waals surface area contributed by atoms with Crippen LogP contribution in [0.1, 0.15) is 5.56 Å². The third-order valence-corrected chi connectivity index (χ3v) is 5.61. The Morgan fingerprint density at radius 2 is 1.84 bits per heavy atom. The molecule has 10 heteroatoms. The minimum Gasteiger partial charge on any atom is -0.480 e. The average Bonchev–Trinajstić information content (AvgIpc) is 2.55. The fourth-order valence-corrected chi connectivity index (χ4v) is 3.80. The van der Waals surface area contributed by atoms with Crippen molar-refractivity contribution in [2.75, 3.05) is 10.8 Å². The number of sulfonamides is 1. The number of nitro groups is 1. The predicted octanol–water partition coefficient (Wildman–Crippen LogP) is 2.84. The molecule has 8 nitrogen and oxygen atoms in total. The highest BCUT2D eigenvalue weighted by molar-refractivity contribution is 7.92. The second-order valence-electron chi connectivity index (χ2n) is 5.04. The van der Waals surface area contributed by atoms with Crippen LogP contribution in [-0.4, -0.2) is 31.0 Å². The number of benzene rings is 2. The zero-order valence-electron chi connectivity index (χ0n) is 12.9. The molecule has 0 saturated heterocycles. The number of anilines is 1. The number of aliphatic carboxylic acids is 1. The first kappa shape index (κ1) is 18.7. The summed E-state index contributed by atoms with van der Waals surface area (Å²) in [6, 6.07) is 8.69. The van der Waals surface area contributed by atoms with Gasteiger partial charge in [-0.15, -0.1) is 0 Å². The number of hydrogen-bond donors (Lipinski definition) is 1. The minimum absolute atomic E-state index is 0.119. The quantitative estimate of drug-likeness (QED) is 0.604. The molecule has 2 aromatic rings. The lowest BCUT2D eigenvalue weighted by Gasteiger charge is -2.24. The Hall–Kier alpha value is -2.65. The fourth-order valence-electron chi connectivity index (χ4n) is 2.16. The third kappa shape index (κ3) is 3.89. The zero-order valence-corrected chi connectivity index (χ0v) is 14.5. The van der Waals surface area contributed by atoms with Gasteiger partial charge in [0.25, 0.3) is 15.7 Å². The molecule has 0 bridgehead atoms. The highest BCUT2D eigenvalue weighted by Crippen LogP contribution is 2.31. The molecule has 0 aliphatic carbocycles. The van der Waals surface area contributed by atoms with Gasteiger partial charge in [0.2, 0.25) is 0 Å². The molecular formula is C15H13ClN2O6S. The van der Waals surface area contributed by atoms with Crippen molar-refractivity contribution in [3.05, 3.63) is 63.2 Å². The number of halogens is 1. The van der Waals surface area contributed by atoms with Crippen molar-refractivity contribution in [2.45, 2.75) is 11.8 Å². The molecule has 1 N–H and O–H groups in total. The van der Waals surface area contributed by atoms with Gasteiger partial charge in [-0.25, -0.2) is 8.42 Å². The first-order valence-corrected chi connectivity index (χ1v) is 8.70. The van der Waals surface area contributed by atoms with Gasteiger partial charge < -0.3 is 5.11 Å². The summed E-state index contributed by atoms with van der Waals surface area (Å²) in [4.78, 5) is 20.9. The Labute approximate surface area is 148 Å². The number of non-ortho nitro benzene ring substituents is 1. The fraction of sp³-hybridized carbons (Fsp3) is 0.133. The zero-order chi connectivity index (χ0) is 18.8. The van der Waals surface area contributed by atoms with Crippen molar-refractivity contribution in [3.63, 3.8) is 0 Å². The van der Waals surface area contributed by atoms with E-state index in [0.29, 0.717) is 9.87 Å².